The molecule has 0 aliphatic carbocycles. The number of hydrogen-bond donors (Lipinski definition) is 0. The van der Waals surface area contributed by atoms with Crippen LogP contribution in [0.1, 0.15) is 11.3 Å². The Morgan fingerprint density at radius 3 is 1.77 bits per heavy atom. The van der Waals surface area contributed by atoms with Crippen molar-refractivity contribution in [2.24, 2.45) is 20.0 Å². The van der Waals surface area contributed by atoms with Crippen LogP contribution < -0.4 is 0 Å². The predicted octanol–water partition coefficient (Wildman–Crippen LogP) is 4.81. The Morgan fingerprint density at radius 1 is 0.581 bits per heavy atom. The van der Waals surface area contributed by atoms with Gasteiger partial charge in [-0.3, -0.25) is 4.98 Å². The lowest BCUT2D eigenvalue weighted by atomic mass is 10.0. The number of nitrogens with zero attached hydrogens (tertiary/aromatic N) is 5. The van der Waals surface area contributed by atoms with Gasteiger partial charge in [-0.1, -0.05) is 0 Å². The Hall–Kier alpha value is -4.25. The Morgan fingerprint density at radius 2 is 1.16 bits per heavy atom. The minimum atomic E-state index is 0.841. The largest absolute Gasteiger partial charge is 0.256 e. The smallest absolute Gasteiger partial charge is 0.0753 e. The van der Waals surface area contributed by atoms with Gasteiger partial charge in [0.1, 0.15) is 0 Å². The summed E-state index contributed by atoms with van der Waals surface area (Å²) < 4.78 is 0. The van der Waals surface area contributed by atoms with Crippen LogP contribution >= 0.6 is 0 Å². The monoisotopic (exact) mass is 399 g/mol. The number of hydrogen-bond acceptors (Lipinski definition) is 5. The average molecular weight is 399 g/mol. The van der Waals surface area contributed by atoms with Gasteiger partial charge in [0.15, 0.2) is 0 Å². The summed E-state index contributed by atoms with van der Waals surface area (Å²) in [5.41, 5.74) is 9.91. The zero-order chi connectivity index (χ0) is 20.8. The molecule has 6 heterocycles. The van der Waals surface area contributed by atoms with E-state index >= 15 is 0 Å². The van der Waals surface area contributed by atoms with E-state index in [4.69, 9.17) is 15.0 Å². The number of rotatable bonds is 1. The van der Waals surface area contributed by atoms with Gasteiger partial charge in [-0.05, 0) is 91.5 Å². The molecule has 1 aromatic heterocycles. The minimum Gasteiger partial charge on any atom is -0.256 e. The number of aromatic nitrogens is 1. The molecule has 5 aliphatic rings. The second kappa shape index (κ2) is 6.92. The molecule has 0 amide bonds. The molecule has 0 unspecified atom stereocenters. The highest BCUT2D eigenvalue weighted by molar-refractivity contribution is 6.32. The summed E-state index contributed by atoms with van der Waals surface area (Å²) in [5, 5.41) is 0. The molecule has 0 fully saturated rings. The molecule has 0 atom stereocenters. The number of allylic oxidation sites excluding steroid dienone is 12. The van der Waals surface area contributed by atoms with Gasteiger partial charge in [0.25, 0.3) is 0 Å². The molecule has 0 saturated carbocycles. The third-order valence-corrected chi connectivity index (χ3v) is 5.23. The minimum absolute atomic E-state index is 0.841. The molecule has 5 aliphatic heterocycles. The van der Waals surface area contributed by atoms with Crippen molar-refractivity contribution in [2.75, 3.05) is 0 Å². The molecule has 5 nitrogen and oxygen atoms in total. The molecule has 1 aromatic rings. The van der Waals surface area contributed by atoms with Gasteiger partial charge in [-0.15, -0.1) is 0 Å². The van der Waals surface area contributed by atoms with Gasteiger partial charge in [-0.2, -0.15) is 0 Å². The quantitative estimate of drug-likeness (QED) is 0.668. The van der Waals surface area contributed by atoms with Gasteiger partial charge in [0, 0.05) is 11.8 Å². The molecule has 0 N–H and O–H groups in total. The van der Waals surface area contributed by atoms with Crippen molar-refractivity contribution in [1.82, 2.24) is 4.98 Å². The van der Waals surface area contributed by atoms with Crippen LogP contribution in [-0.4, -0.2) is 27.8 Å². The molecular formula is C26H17N5. The second-order valence-corrected chi connectivity index (χ2v) is 7.66. The number of aryl methyl sites for hydroxylation is 1. The van der Waals surface area contributed by atoms with Crippen LogP contribution in [-0.2, 0) is 0 Å². The number of fused-ring (bicyclic) bond motifs is 4. The summed E-state index contributed by atoms with van der Waals surface area (Å²) in [5.74, 6) is 0. The summed E-state index contributed by atoms with van der Waals surface area (Å²) >= 11 is 0. The van der Waals surface area contributed by atoms with Crippen molar-refractivity contribution < 1.29 is 0 Å². The fourth-order valence-electron chi connectivity index (χ4n) is 3.79. The lowest BCUT2D eigenvalue weighted by molar-refractivity contribution is 1.25. The summed E-state index contributed by atoms with van der Waals surface area (Å²) in [6, 6.07) is 4.07. The van der Waals surface area contributed by atoms with Crippen molar-refractivity contribution in [2.45, 2.75) is 6.92 Å². The predicted molar refractivity (Wildman–Crippen MR) is 126 cm³/mol. The molecule has 0 aromatic carbocycles. The normalized spacial score (nSPS) is 20.5. The molecule has 146 valence electrons. The third-order valence-electron chi connectivity index (χ3n) is 5.23. The molecule has 6 rings (SSSR count). The fraction of sp³-hybridized carbons (Fsp3) is 0.0385. The lowest BCUT2D eigenvalue weighted by Crippen LogP contribution is -1.99. The van der Waals surface area contributed by atoms with Crippen LogP contribution in [0, 0.1) is 6.92 Å². The van der Waals surface area contributed by atoms with Crippen molar-refractivity contribution in [1.29, 1.82) is 0 Å². The summed E-state index contributed by atoms with van der Waals surface area (Å²) in [4.78, 5) is 23.5. The highest BCUT2D eigenvalue weighted by Crippen LogP contribution is 2.28. The van der Waals surface area contributed by atoms with Crippen LogP contribution in [0.4, 0.5) is 0 Å². The van der Waals surface area contributed by atoms with E-state index in [0.29, 0.717) is 0 Å². The number of aliphatic imine (C=N–C) groups is 4. The SMILES string of the molecule is Cc1ccnc(C2=CC3=CC4=NC(=CC5=NC(=CC6=NC(=CC2=N3)C=C6)C=C5)C=C4)c1. The third kappa shape index (κ3) is 3.46. The topological polar surface area (TPSA) is 62.3 Å². The van der Waals surface area contributed by atoms with E-state index in [0.717, 1.165) is 62.5 Å². The summed E-state index contributed by atoms with van der Waals surface area (Å²) in [7, 11) is 0. The van der Waals surface area contributed by atoms with Gasteiger partial charge in [0.2, 0.25) is 0 Å². The first-order chi connectivity index (χ1) is 15.2. The van der Waals surface area contributed by atoms with Crippen LogP contribution in [0.5, 0.6) is 0 Å². The first-order valence-electron chi connectivity index (χ1n) is 10.1. The van der Waals surface area contributed by atoms with E-state index in [9.17, 15) is 0 Å². The Balaban J connectivity index is 1.51. The maximum atomic E-state index is 4.86. The average Bonchev–Trinajstić information content (AvgIpc) is 3.53. The maximum absolute atomic E-state index is 4.86. The van der Waals surface area contributed by atoms with Crippen LogP contribution in [0.25, 0.3) is 5.57 Å². The van der Waals surface area contributed by atoms with Crippen LogP contribution in [0.3, 0.4) is 0 Å². The van der Waals surface area contributed by atoms with Gasteiger partial charge in [0.05, 0.1) is 51.3 Å². The molecule has 8 bridgehead atoms. The van der Waals surface area contributed by atoms with E-state index < -0.39 is 0 Å². The first-order valence-corrected chi connectivity index (χ1v) is 10.1. The standard InChI is InChI=1S/C26H17N5/c1-16-8-9-27-25(10-16)24-14-23-13-21-5-4-19(29-21)11-17-2-3-18(28-17)12-20-6-7-22(30-20)15-26(24)31-23/h2-15H,1H3. The van der Waals surface area contributed by atoms with Crippen molar-refractivity contribution in [3.63, 3.8) is 0 Å². The van der Waals surface area contributed by atoms with Crippen molar-refractivity contribution in [3.8, 4) is 0 Å². The maximum Gasteiger partial charge on any atom is 0.0753 e. The van der Waals surface area contributed by atoms with Gasteiger partial charge < -0.3 is 0 Å². The fourth-order valence-corrected chi connectivity index (χ4v) is 3.79. The van der Waals surface area contributed by atoms with E-state index in [1.165, 1.54) is 0 Å². The second-order valence-electron chi connectivity index (χ2n) is 7.66. The van der Waals surface area contributed by atoms with E-state index in [2.05, 4.69) is 29.0 Å². The highest BCUT2D eigenvalue weighted by atomic mass is 14.8. The van der Waals surface area contributed by atoms with E-state index in [1.807, 2.05) is 73.0 Å². The summed E-state index contributed by atoms with van der Waals surface area (Å²) in [6.45, 7) is 2.06. The Kier molecular flexibility index (Phi) is 3.93. The van der Waals surface area contributed by atoms with Crippen LogP contribution in [0.2, 0.25) is 0 Å². The first kappa shape index (κ1) is 17.6. The van der Waals surface area contributed by atoms with E-state index in [-0.39, 0.29) is 0 Å². The van der Waals surface area contributed by atoms with E-state index in [1.54, 1.807) is 0 Å². The molecule has 31 heavy (non-hydrogen) atoms. The zero-order valence-electron chi connectivity index (χ0n) is 16.8. The Labute approximate surface area is 179 Å². The zero-order valence-corrected chi connectivity index (χ0v) is 16.8. The molecular weight excluding hydrogens is 382 g/mol. The van der Waals surface area contributed by atoms with Crippen molar-refractivity contribution in [3.05, 3.63) is 119 Å². The van der Waals surface area contributed by atoms with Crippen LogP contribution in [0.15, 0.2) is 128 Å². The lowest BCUT2D eigenvalue weighted by Gasteiger charge is -2.03. The number of pyridine rings is 1. The molecule has 0 radical (unpaired) electrons. The molecule has 5 heteroatoms. The molecule has 0 saturated heterocycles. The highest BCUT2D eigenvalue weighted by Gasteiger charge is 2.19. The van der Waals surface area contributed by atoms with Crippen molar-refractivity contribution >= 4 is 28.4 Å². The summed E-state index contributed by atoms with van der Waals surface area (Å²) in [6.07, 6.45) is 23.8. The van der Waals surface area contributed by atoms with Gasteiger partial charge in [-0.25, -0.2) is 20.0 Å². The molecule has 0 spiro atoms. The van der Waals surface area contributed by atoms with Gasteiger partial charge >= 0.3 is 0 Å². The Bertz CT molecular complexity index is 1410.